The van der Waals surface area contributed by atoms with Gasteiger partial charge in [0.2, 0.25) is 15.8 Å². The van der Waals surface area contributed by atoms with Gasteiger partial charge in [-0.15, -0.1) is 10.2 Å². The van der Waals surface area contributed by atoms with E-state index in [-0.39, 0.29) is 4.90 Å². The molecule has 0 atom stereocenters. The summed E-state index contributed by atoms with van der Waals surface area (Å²) in [4.78, 5) is 6.47. The van der Waals surface area contributed by atoms with Crippen molar-refractivity contribution in [1.29, 1.82) is 0 Å². The zero-order valence-corrected chi connectivity index (χ0v) is 19.8. The number of hydrogen-bond donors (Lipinski definition) is 0. The summed E-state index contributed by atoms with van der Waals surface area (Å²) < 4.78 is 29.8. The number of fused-ring (bicyclic) bond motifs is 1. The standard InChI is InChI=1S/C22H24ClN7O2S/c1-2-29-20-11-10-16(33(31,32)28-12-6-3-7-13-28)14-19(20)24-21(29)15-30-26-22(25-27-30)17-8-4-5-9-18(17)23/h4-5,8-11,14H,2-3,6-7,12-13,15H2,1H3. The van der Waals surface area contributed by atoms with Crippen LogP contribution in [0.1, 0.15) is 32.0 Å². The van der Waals surface area contributed by atoms with E-state index in [0.29, 0.717) is 48.1 Å². The van der Waals surface area contributed by atoms with Gasteiger partial charge in [-0.05, 0) is 55.3 Å². The molecule has 2 aromatic carbocycles. The molecule has 0 bridgehead atoms. The number of aromatic nitrogens is 6. The molecule has 2 aromatic heterocycles. The van der Waals surface area contributed by atoms with E-state index in [0.717, 1.165) is 30.6 Å². The molecule has 0 radical (unpaired) electrons. The van der Waals surface area contributed by atoms with Crippen molar-refractivity contribution >= 4 is 32.7 Å². The molecule has 0 aliphatic carbocycles. The number of imidazole rings is 1. The van der Waals surface area contributed by atoms with Gasteiger partial charge in [0.05, 0.1) is 21.0 Å². The molecule has 1 saturated heterocycles. The molecule has 0 unspecified atom stereocenters. The van der Waals surface area contributed by atoms with E-state index in [1.54, 1.807) is 22.5 Å². The van der Waals surface area contributed by atoms with Gasteiger partial charge in [-0.3, -0.25) is 0 Å². The first kappa shape index (κ1) is 22.0. The first-order valence-corrected chi connectivity index (χ1v) is 12.8. The molecule has 172 valence electrons. The lowest BCUT2D eigenvalue weighted by molar-refractivity contribution is 0.346. The van der Waals surface area contributed by atoms with Gasteiger partial charge < -0.3 is 4.57 Å². The predicted molar refractivity (Wildman–Crippen MR) is 125 cm³/mol. The number of sulfonamides is 1. The van der Waals surface area contributed by atoms with Crippen molar-refractivity contribution in [2.24, 2.45) is 0 Å². The maximum atomic E-state index is 13.1. The highest BCUT2D eigenvalue weighted by molar-refractivity contribution is 7.89. The van der Waals surface area contributed by atoms with Crippen molar-refractivity contribution in [3.8, 4) is 11.4 Å². The molecule has 0 amide bonds. The number of rotatable bonds is 6. The lowest BCUT2D eigenvalue weighted by Crippen LogP contribution is -2.35. The number of tetrazole rings is 1. The molecule has 11 heteroatoms. The highest BCUT2D eigenvalue weighted by Crippen LogP contribution is 2.26. The van der Waals surface area contributed by atoms with Crippen LogP contribution in [0, 0.1) is 0 Å². The molecule has 0 spiro atoms. The van der Waals surface area contributed by atoms with Gasteiger partial charge in [0.15, 0.2) is 0 Å². The minimum absolute atomic E-state index is 0.282. The van der Waals surface area contributed by atoms with Crippen LogP contribution in [0.25, 0.3) is 22.4 Å². The van der Waals surface area contributed by atoms with Crippen molar-refractivity contribution in [3.63, 3.8) is 0 Å². The molecule has 33 heavy (non-hydrogen) atoms. The Hall–Kier alpha value is -2.82. The third kappa shape index (κ3) is 4.14. The van der Waals surface area contributed by atoms with Crippen molar-refractivity contribution in [1.82, 2.24) is 34.1 Å². The molecule has 1 fully saturated rings. The van der Waals surface area contributed by atoms with Crippen LogP contribution in [0.15, 0.2) is 47.4 Å². The average molecular weight is 486 g/mol. The second kappa shape index (κ2) is 8.85. The molecular formula is C22H24ClN7O2S. The normalized spacial score (nSPS) is 15.3. The Labute approximate surface area is 197 Å². The minimum Gasteiger partial charge on any atom is -0.327 e. The Morgan fingerprint density at radius 1 is 1.06 bits per heavy atom. The highest BCUT2D eigenvalue weighted by atomic mass is 35.5. The number of aryl methyl sites for hydroxylation is 1. The SMILES string of the molecule is CCn1c(Cn2nnc(-c3ccccc3Cl)n2)nc2cc(S(=O)(=O)N3CCCCC3)ccc21. The number of halogens is 1. The monoisotopic (exact) mass is 485 g/mol. The first-order chi connectivity index (χ1) is 16.0. The van der Waals surface area contributed by atoms with E-state index >= 15 is 0 Å². The third-order valence-corrected chi connectivity index (χ3v) is 8.14. The Kier molecular flexibility index (Phi) is 5.90. The van der Waals surface area contributed by atoms with Crippen LogP contribution in [0.5, 0.6) is 0 Å². The lowest BCUT2D eigenvalue weighted by Gasteiger charge is -2.25. The predicted octanol–water partition coefficient (Wildman–Crippen LogP) is 3.59. The van der Waals surface area contributed by atoms with Crippen LogP contribution in [-0.4, -0.2) is 55.6 Å². The molecule has 5 rings (SSSR count). The number of hydrogen-bond acceptors (Lipinski definition) is 6. The number of benzene rings is 2. The summed E-state index contributed by atoms with van der Waals surface area (Å²) in [6, 6.07) is 12.5. The van der Waals surface area contributed by atoms with Crippen LogP contribution < -0.4 is 0 Å². The second-order valence-corrected chi connectivity index (χ2v) is 10.4. The van der Waals surface area contributed by atoms with Crippen LogP contribution in [0.3, 0.4) is 0 Å². The van der Waals surface area contributed by atoms with Gasteiger partial charge in [-0.25, -0.2) is 13.4 Å². The van der Waals surface area contributed by atoms with E-state index in [1.807, 2.05) is 35.8 Å². The molecular weight excluding hydrogens is 462 g/mol. The first-order valence-electron chi connectivity index (χ1n) is 11.0. The quantitative estimate of drug-likeness (QED) is 0.414. The summed E-state index contributed by atoms with van der Waals surface area (Å²) in [5.41, 5.74) is 2.22. The molecule has 1 aliphatic rings. The van der Waals surface area contributed by atoms with Crippen LogP contribution >= 0.6 is 11.6 Å². The van der Waals surface area contributed by atoms with Gasteiger partial charge in [0.25, 0.3) is 0 Å². The van der Waals surface area contributed by atoms with Crippen molar-refractivity contribution in [2.45, 2.75) is 44.2 Å². The number of nitrogens with zero attached hydrogens (tertiary/aromatic N) is 7. The zero-order valence-electron chi connectivity index (χ0n) is 18.2. The van der Waals surface area contributed by atoms with Gasteiger partial charge in [0, 0.05) is 25.2 Å². The molecule has 9 nitrogen and oxygen atoms in total. The third-order valence-electron chi connectivity index (χ3n) is 5.92. The fourth-order valence-corrected chi connectivity index (χ4v) is 5.99. The summed E-state index contributed by atoms with van der Waals surface area (Å²) in [5, 5.41) is 13.3. The smallest absolute Gasteiger partial charge is 0.243 e. The van der Waals surface area contributed by atoms with E-state index in [2.05, 4.69) is 15.4 Å². The van der Waals surface area contributed by atoms with Crippen LogP contribution in [-0.2, 0) is 23.1 Å². The fourth-order valence-electron chi connectivity index (χ4n) is 4.23. The van der Waals surface area contributed by atoms with Crippen LogP contribution in [0.2, 0.25) is 5.02 Å². The topological polar surface area (TPSA) is 98.8 Å². The largest absolute Gasteiger partial charge is 0.327 e. The zero-order chi connectivity index (χ0) is 23.0. The summed E-state index contributed by atoms with van der Waals surface area (Å²) in [6.45, 7) is 4.14. The Balaban J connectivity index is 1.46. The lowest BCUT2D eigenvalue weighted by atomic mass is 10.2. The highest BCUT2D eigenvalue weighted by Gasteiger charge is 2.26. The van der Waals surface area contributed by atoms with Crippen molar-refractivity contribution < 1.29 is 8.42 Å². The van der Waals surface area contributed by atoms with E-state index in [9.17, 15) is 8.42 Å². The summed E-state index contributed by atoms with van der Waals surface area (Å²) in [5.74, 6) is 1.16. The van der Waals surface area contributed by atoms with Gasteiger partial charge in [0.1, 0.15) is 12.4 Å². The average Bonchev–Trinajstić information content (AvgIpc) is 3.43. The number of piperidine rings is 1. The van der Waals surface area contributed by atoms with E-state index < -0.39 is 10.0 Å². The van der Waals surface area contributed by atoms with Crippen molar-refractivity contribution in [2.75, 3.05) is 13.1 Å². The summed E-state index contributed by atoms with van der Waals surface area (Å²) >= 11 is 6.25. The Morgan fingerprint density at radius 2 is 1.85 bits per heavy atom. The maximum absolute atomic E-state index is 13.1. The fraction of sp³-hybridized carbons (Fsp3) is 0.364. The minimum atomic E-state index is -3.52. The Morgan fingerprint density at radius 3 is 2.61 bits per heavy atom. The summed E-state index contributed by atoms with van der Waals surface area (Å²) in [7, 11) is -3.52. The maximum Gasteiger partial charge on any atom is 0.243 e. The Bertz CT molecular complexity index is 1410. The summed E-state index contributed by atoms with van der Waals surface area (Å²) in [6.07, 6.45) is 2.87. The molecule has 3 heterocycles. The van der Waals surface area contributed by atoms with Crippen LogP contribution in [0.4, 0.5) is 0 Å². The molecule has 4 aromatic rings. The second-order valence-electron chi connectivity index (χ2n) is 8.01. The molecule has 0 saturated carbocycles. The van der Waals surface area contributed by atoms with E-state index in [1.165, 1.54) is 4.80 Å². The molecule has 1 aliphatic heterocycles. The van der Waals surface area contributed by atoms with Gasteiger partial charge in [-0.2, -0.15) is 9.10 Å². The van der Waals surface area contributed by atoms with Gasteiger partial charge in [-0.1, -0.05) is 30.2 Å². The van der Waals surface area contributed by atoms with Gasteiger partial charge >= 0.3 is 0 Å². The molecule has 0 N–H and O–H groups in total. The van der Waals surface area contributed by atoms with E-state index in [4.69, 9.17) is 16.6 Å². The van der Waals surface area contributed by atoms with Crippen molar-refractivity contribution in [3.05, 3.63) is 53.3 Å².